The molecule has 1 aromatic rings. The van der Waals surface area contributed by atoms with Crippen molar-refractivity contribution in [3.05, 3.63) is 21.9 Å². The largest absolute Gasteiger partial charge is 0.343 e. The Bertz CT molecular complexity index is 455. The first kappa shape index (κ1) is 13.1. The number of nitrogens with one attached hydrogen (secondary N) is 1. The molecule has 0 unspecified atom stereocenters. The van der Waals surface area contributed by atoms with Crippen LogP contribution in [0.4, 0.5) is 0 Å². The SMILES string of the molecule is CC(=O)N1CCC(NCc2cc(C#N)cs2)CC1. The van der Waals surface area contributed by atoms with Gasteiger partial charge in [-0.3, -0.25) is 4.79 Å². The number of hydrogen-bond donors (Lipinski definition) is 1. The molecule has 0 saturated carbocycles. The molecule has 0 bridgehead atoms. The monoisotopic (exact) mass is 263 g/mol. The lowest BCUT2D eigenvalue weighted by atomic mass is 10.1. The second kappa shape index (κ2) is 5.98. The molecule has 1 fully saturated rings. The molecular formula is C13H17N3OS. The number of amides is 1. The van der Waals surface area contributed by atoms with Crippen molar-refractivity contribution in [1.82, 2.24) is 10.2 Å². The van der Waals surface area contributed by atoms with Gasteiger partial charge >= 0.3 is 0 Å². The Morgan fingerprint density at radius 2 is 2.33 bits per heavy atom. The van der Waals surface area contributed by atoms with Crippen LogP contribution in [0.15, 0.2) is 11.4 Å². The third-order valence-electron chi connectivity index (χ3n) is 3.29. The second-order valence-corrected chi connectivity index (χ2v) is 5.57. The number of carbonyl (C=O) groups excluding carboxylic acids is 1. The van der Waals surface area contributed by atoms with Gasteiger partial charge in [0.05, 0.1) is 5.56 Å². The van der Waals surface area contributed by atoms with Gasteiger partial charge in [-0.25, -0.2) is 0 Å². The Hall–Kier alpha value is -1.38. The summed E-state index contributed by atoms with van der Waals surface area (Å²) in [4.78, 5) is 14.3. The van der Waals surface area contributed by atoms with Crippen molar-refractivity contribution >= 4 is 17.2 Å². The van der Waals surface area contributed by atoms with E-state index in [1.54, 1.807) is 18.3 Å². The van der Waals surface area contributed by atoms with Crippen LogP contribution in [0.1, 0.15) is 30.2 Å². The van der Waals surface area contributed by atoms with Crippen LogP contribution >= 0.6 is 11.3 Å². The summed E-state index contributed by atoms with van der Waals surface area (Å²) in [6, 6.07) is 4.55. The zero-order valence-corrected chi connectivity index (χ0v) is 11.3. The van der Waals surface area contributed by atoms with E-state index in [2.05, 4.69) is 11.4 Å². The highest BCUT2D eigenvalue weighted by atomic mass is 32.1. The molecule has 0 radical (unpaired) electrons. The first-order valence-electron chi connectivity index (χ1n) is 6.15. The number of rotatable bonds is 3. The molecule has 0 atom stereocenters. The maximum Gasteiger partial charge on any atom is 0.219 e. The van der Waals surface area contributed by atoms with Crippen molar-refractivity contribution in [1.29, 1.82) is 5.26 Å². The molecule has 5 heteroatoms. The first-order chi connectivity index (χ1) is 8.69. The molecule has 1 saturated heterocycles. The van der Waals surface area contributed by atoms with Crippen LogP contribution in [0, 0.1) is 11.3 Å². The Morgan fingerprint density at radius 1 is 1.61 bits per heavy atom. The van der Waals surface area contributed by atoms with E-state index in [0.717, 1.165) is 38.0 Å². The van der Waals surface area contributed by atoms with Gasteiger partial charge in [-0.1, -0.05) is 0 Å². The molecule has 2 rings (SSSR count). The molecule has 1 aromatic heterocycles. The lowest BCUT2D eigenvalue weighted by molar-refractivity contribution is -0.129. The summed E-state index contributed by atoms with van der Waals surface area (Å²) >= 11 is 1.62. The highest BCUT2D eigenvalue weighted by Crippen LogP contribution is 2.15. The van der Waals surface area contributed by atoms with E-state index in [-0.39, 0.29) is 5.91 Å². The van der Waals surface area contributed by atoms with Crippen molar-refractivity contribution in [3.63, 3.8) is 0 Å². The Balaban J connectivity index is 1.75. The normalized spacial score (nSPS) is 16.6. The fraction of sp³-hybridized carbons (Fsp3) is 0.538. The van der Waals surface area contributed by atoms with Crippen molar-refractivity contribution in [2.45, 2.75) is 32.4 Å². The minimum Gasteiger partial charge on any atom is -0.343 e. The van der Waals surface area contributed by atoms with E-state index >= 15 is 0 Å². The zero-order chi connectivity index (χ0) is 13.0. The molecule has 2 heterocycles. The van der Waals surface area contributed by atoms with Gasteiger partial charge in [0, 0.05) is 42.9 Å². The number of carbonyl (C=O) groups is 1. The molecule has 1 amide bonds. The first-order valence-corrected chi connectivity index (χ1v) is 7.03. The van der Waals surface area contributed by atoms with Gasteiger partial charge < -0.3 is 10.2 Å². The van der Waals surface area contributed by atoms with E-state index in [4.69, 9.17) is 5.26 Å². The smallest absolute Gasteiger partial charge is 0.219 e. The number of nitriles is 1. The number of likely N-dealkylation sites (tertiary alicyclic amines) is 1. The van der Waals surface area contributed by atoms with E-state index in [1.807, 2.05) is 16.3 Å². The van der Waals surface area contributed by atoms with E-state index in [1.165, 1.54) is 4.88 Å². The maximum absolute atomic E-state index is 11.2. The summed E-state index contributed by atoms with van der Waals surface area (Å²) in [5.74, 6) is 0.172. The fourth-order valence-electron chi connectivity index (χ4n) is 2.18. The van der Waals surface area contributed by atoms with Gasteiger partial charge in [0.25, 0.3) is 0 Å². The summed E-state index contributed by atoms with van der Waals surface area (Å²) in [5.41, 5.74) is 0.739. The van der Waals surface area contributed by atoms with Gasteiger partial charge in [0.1, 0.15) is 6.07 Å². The molecule has 1 N–H and O–H groups in total. The van der Waals surface area contributed by atoms with Crippen molar-refractivity contribution in [2.24, 2.45) is 0 Å². The van der Waals surface area contributed by atoms with Crippen LogP contribution in [-0.2, 0) is 11.3 Å². The summed E-state index contributed by atoms with van der Waals surface area (Å²) in [7, 11) is 0. The predicted molar refractivity (Wildman–Crippen MR) is 71.1 cm³/mol. The maximum atomic E-state index is 11.2. The fourth-order valence-corrected chi connectivity index (χ4v) is 2.94. The molecule has 0 aromatic carbocycles. The van der Waals surface area contributed by atoms with Crippen LogP contribution in [0.5, 0.6) is 0 Å². The van der Waals surface area contributed by atoms with Crippen molar-refractivity contribution in [2.75, 3.05) is 13.1 Å². The highest BCUT2D eigenvalue weighted by molar-refractivity contribution is 7.10. The molecule has 1 aliphatic heterocycles. The average molecular weight is 263 g/mol. The van der Waals surface area contributed by atoms with Crippen molar-refractivity contribution < 1.29 is 4.79 Å². The minimum absolute atomic E-state index is 0.172. The average Bonchev–Trinajstić information content (AvgIpc) is 2.85. The number of thiophene rings is 1. The quantitative estimate of drug-likeness (QED) is 0.903. The third kappa shape index (κ3) is 3.31. The molecule has 0 spiro atoms. The van der Waals surface area contributed by atoms with Gasteiger partial charge in [0.15, 0.2) is 0 Å². The molecule has 0 aliphatic carbocycles. The molecule has 1 aliphatic rings. The Morgan fingerprint density at radius 3 is 2.89 bits per heavy atom. The summed E-state index contributed by atoms with van der Waals surface area (Å²) < 4.78 is 0. The van der Waals surface area contributed by atoms with Gasteiger partial charge in [-0.2, -0.15) is 5.26 Å². The van der Waals surface area contributed by atoms with E-state index in [0.29, 0.717) is 6.04 Å². The standard InChI is InChI=1S/C13H17N3OS/c1-10(17)16-4-2-12(3-5-16)15-8-13-6-11(7-14)9-18-13/h6,9,12,15H,2-5,8H2,1H3. The van der Waals surface area contributed by atoms with Gasteiger partial charge in [-0.15, -0.1) is 11.3 Å². The van der Waals surface area contributed by atoms with Gasteiger partial charge in [-0.05, 0) is 18.9 Å². The molecular weight excluding hydrogens is 246 g/mol. The number of nitrogens with zero attached hydrogens (tertiary/aromatic N) is 2. The minimum atomic E-state index is 0.172. The topological polar surface area (TPSA) is 56.1 Å². The summed E-state index contributed by atoms with van der Waals surface area (Å²) in [5, 5.41) is 14.1. The van der Waals surface area contributed by atoms with Crippen LogP contribution < -0.4 is 5.32 Å². The Labute approximate surface area is 111 Å². The second-order valence-electron chi connectivity index (χ2n) is 4.57. The van der Waals surface area contributed by atoms with Crippen molar-refractivity contribution in [3.8, 4) is 6.07 Å². The van der Waals surface area contributed by atoms with Crippen LogP contribution in [0.3, 0.4) is 0 Å². The summed E-state index contributed by atoms with van der Waals surface area (Å²) in [6.07, 6.45) is 2.02. The van der Waals surface area contributed by atoms with Crippen LogP contribution in [0.25, 0.3) is 0 Å². The van der Waals surface area contributed by atoms with E-state index < -0.39 is 0 Å². The Kier molecular flexibility index (Phi) is 4.34. The van der Waals surface area contributed by atoms with Gasteiger partial charge in [0.2, 0.25) is 5.91 Å². The number of hydrogen-bond acceptors (Lipinski definition) is 4. The van der Waals surface area contributed by atoms with Crippen LogP contribution in [-0.4, -0.2) is 29.9 Å². The zero-order valence-electron chi connectivity index (χ0n) is 10.5. The molecule has 96 valence electrons. The lowest BCUT2D eigenvalue weighted by Gasteiger charge is -2.31. The molecule has 4 nitrogen and oxygen atoms in total. The van der Waals surface area contributed by atoms with Crippen LogP contribution in [0.2, 0.25) is 0 Å². The number of piperidine rings is 1. The summed E-state index contributed by atoms with van der Waals surface area (Å²) in [6.45, 7) is 4.14. The third-order valence-corrected chi connectivity index (χ3v) is 4.22. The predicted octanol–water partition coefficient (Wildman–Crippen LogP) is 1.72. The molecule has 18 heavy (non-hydrogen) atoms. The highest BCUT2D eigenvalue weighted by Gasteiger charge is 2.20. The lowest BCUT2D eigenvalue weighted by Crippen LogP contribution is -2.43. The van der Waals surface area contributed by atoms with E-state index in [9.17, 15) is 4.79 Å².